The van der Waals surface area contributed by atoms with Crippen LogP contribution < -0.4 is 0 Å². The Labute approximate surface area is 49.4 Å². The lowest BCUT2D eigenvalue weighted by Gasteiger charge is -1.85. The Hall–Kier alpha value is -0.850. The van der Waals surface area contributed by atoms with Crippen molar-refractivity contribution in [3.8, 4) is 0 Å². The van der Waals surface area contributed by atoms with Gasteiger partial charge in [-0.1, -0.05) is 11.6 Å². The minimum absolute atomic E-state index is 1.04. The molecular formula is C7H9N. The van der Waals surface area contributed by atoms with Crippen LogP contribution in [0.5, 0.6) is 0 Å². The topological polar surface area (TPSA) is 12.4 Å². The molecule has 0 radical (unpaired) electrons. The fourth-order valence-corrected chi connectivity index (χ4v) is 0.587. The fourth-order valence-electron chi connectivity index (χ4n) is 0.587. The Kier molecular flexibility index (Phi) is 1.62. The Bertz CT molecular complexity index is 152. The molecule has 0 bridgehead atoms. The van der Waals surface area contributed by atoms with E-state index >= 15 is 0 Å². The highest BCUT2D eigenvalue weighted by atomic mass is 14.7. The van der Waals surface area contributed by atoms with Crippen molar-refractivity contribution in [3.63, 3.8) is 0 Å². The molecule has 0 atom stereocenters. The monoisotopic (exact) mass is 107 g/mol. The van der Waals surface area contributed by atoms with Crippen LogP contribution in [0.15, 0.2) is 28.9 Å². The molecule has 1 heterocycles. The van der Waals surface area contributed by atoms with Gasteiger partial charge in [0.1, 0.15) is 0 Å². The largest absolute Gasteiger partial charge is 0.265 e. The summed E-state index contributed by atoms with van der Waals surface area (Å²) < 4.78 is 0. The summed E-state index contributed by atoms with van der Waals surface area (Å²) in [7, 11) is 0. The molecule has 1 aliphatic rings. The molecular weight excluding hydrogens is 98.1 g/mol. The minimum atomic E-state index is 1.04. The van der Waals surface area contributed by atoms with Crippen molar-refractivity contribution in [3.05, 3.63) is 23.9 Å². The van der Waals surface area contributed by atoms with E-state index in [1.807, 2.05) is 12.3 Å². The molecule has 0 unspecified atom stereocenters. The summed E-state index contributed by atoms with van der Waals surface area (Å²) in [6, 6.07) is 0. The van der Waals surface area contributed by atoms with Crippen LogP contribution in [-0.4, -0.2) is 6.21 Å². The molecule has 0 amide bonds. The van der Waals surface area contributed by atoms with Crippen molar-refractivity contribution in [1.82, 2.24) is 0 Å². The summed E-state index contributed by atoms with van der Waals surface area (Å²) in [4.78, 5) is 3.98. The maximum atomic E-state index is 3.98. The highest BCUT2D eigenvalue weighted by Crippen LogP contribution is 2.02. The van der Waals surface area contributed by atoms with Gasteiger partial charge >= 0.3 is 0 Å². The van der Waals surface area contributed by atoms with Crippen LogP contribution in [0.2, 0.25) is 0 Å². The van der Waals surface area contributed by atoms with E-state index in [1.54, 1.807) is 6.21 Å². The van der Waals surface area contributed by atoms with Crippen LogP contribution in [0.4, 0.5) is 0 Å². The Balaban J connectivity index is 2.69. The third kappa shape index (κ3) is 1.34. The number of nitrogens with zero attached hydrogens (tertiary/aromatic N) is 1. The average molecular weight is 107 g/mol. The van der Waals surface area contributed by atoms with Crippen LogP contribution in [0.3, 0.4) is 0 Å². The van der Waals surface area contributed by atoms with E-state index in [0.717, 1.165) is 6.42 Å². The first-order chi connectivity index (χ1) is 3.89. The van der Waals surface area contributed by atoms with Crippen LogP contribution in [0, 0.1) is 0 Å². The molecule has 0 N–H and O–H groups in total. The van der Waals surface area contributed by atoms with E-state index in [2.05, 4.69) is 18.0 Å². The lowest BCUT2D eigenvalue weighted by Crippen LogP contribution is -1.66. The van der Waals surface area contributed by atoms with Crippen LogP contribution in [0.25, 0.3) is 0 Å². The van der Waals surface area contributed by atoms with E-state index in [1.165, 1.54) is 5.57 Å². The van der Waals surface area contributed by atoms with Gasteiger partial charge in [-0.2, -0.15) is 0 Å². The quantitative estimate of drug-likeness (QED) is 0.448. The van der Waals surface area contributed by atoms with Crippen molar-refractivity contribution in [2.75, 3.05) is 0 Å². The Morgan fingerprint density at radius 1 is 1.62 bits per heavy atom. The highest BCUT2D eigenvalue weighted by molar-refractivity contribution is 5.72. The lowest BCUT2D eigenvalue weighted by molar-refractivity contribution is 1.20. The molecule has 1 nitrogen and oxygen atoms in total. The first-order valence-corrected chi connectivity index (χ1v) is 2.73. The van der Waals surface area contributed by atoms with Gasteiger partial charge in [0.05, 0.1) is 0 Å². The van der Waals surface area contributed by atoms with Crippen molar-refractivity contribution >= 4 is 6.21 Å². The van der Waals surface area contributed by atoms with Crippen molar-refractivity contribution < 1.29 is 0 Å². The summed E-state index contributed by atoms with van der Waals surface area (Å²) in [5.41, 5.74) is 1.31. The summed E-state index contributed by atoms with van der Waals surface area (Å²) in [5.74, 6) is 0. The Morgan fingerprint density at radius 3 is 3.38 bits per heavy atom. The van der Waals surface area contributed by atoms with Gasteiger partial charge in [-0.15, -0.1) is 0 Å². The van der Waals surface area contributed by atoms with E-state index in [4.69, 9.17) is 0 Å². The van der Waals surface area contributed by atoms with Crippen molar-refractivity contribution in [2.24, 2.45) is 4.99 Å². The third-order valence-electron chi connectivity index (χ3n) is 1.04. The standard InChI is InChI=1S/C7H9N/c1-7-4-2-3-5-8-6-7/h2-3,5-6H,4H2,1H3. The normalized spacial score (nSPS) is 17.9. The summed E-state index contributed by atoms with van der Waals surface area (Å²) in [6.07, 6.45) is 8.80. The van der Waals surface area contributed by atoms with E-state index in [0.29, 0.717) is 0 Å². The first-order valence-electron chi connectivity index (χ1n) is 2.73. The predicted molar refractivity (Wildman–Crippen MR) is 36.0 cm³/mol. The van der Waals surface area contributed by atoms with Crippen molar-refractivity contribution in [2.45, 2.75) is 13.3 Å². The molecule has 42 valence electrons. The predicted octanol–water partition coefficient (Wildman–Crippen LogP) is 1.92. The molecule has 0 saturated carbocycles. The highest BCUT2D eigenvalue weighted by Gasteiger charge is 1.84. The molecule has 1 rings (SSSR count). The molecule has 1 heteroatoms. The summed E-state index contributed by atoms with van der Waals surface area (Å²) >= 11 is 0. The zero-order chi connectivity index (χ0) is 5.82. The van der Waals surface area contributed by atoms with Gasteiger partial charge in [0.2, 0.25) is 0 Å². The lowest BCUT2D eigenvalue weighted by atomic mass is 10.2. The van der Waals surface area contributed by atoms with Crippen LogP contribution >= 0.6 is 0 Å². The van der Waals surface area contributed by atoms with Gasteiger partial charge < -0.3 is 0 Å². The second kappa shape index (κ2) is 2.46. The smallest absolute Gasteiger partial charge is 0.0264 e. The zero-order valence-electron chi connectivity index (χ0n) is 4.96. The molecule has 8 heavy (non-hydrogen) atoms. The van der Waals surface area contributed by atoms with Gasteiger partial charge in [0.15, 0.2) is 0 Å². The molecule has 0 aromatic rings. The third-order valence-corrected chi connectivity index (χ3v) is 1.04. The molecule has 1 aliphatic heterocycles. The van der Waals surface area contributed by atoms with Gasteiger partial charge in [-0.3, -0.25) is 4.99 Å². The minimum Gasteiger partial charge on any atom is -0.265 e. The molecule has 0 aromatic heterocycles. The van der Waals surface area contributed by atoms with Gasteiger partial charge in [0.25, 0.3) is 0 Å². The zero-order valence-corrected chi connectivity index (χ0v) is 4.96. The molecule has 0 fully saturated rings. The number of hydrogen-bond donors (Lipinski definition) is 0. The van der Waals surface area contributed by atoms with Crippen LogP contribution in [0.1, 0.15) is 13.3 Å². The average Bonchev–Trinajstić information content (AvgIpc) is 1.94. The van der Waals surface area contributed by atoms with Crippen LogP contribution in [-0.2, 0) is 0 Å². The number of hydrogen-bond acceptors (Lipinski definition) is 1. The SMILES string of the molecule is CC1=CN=CC=CC1. The van der Waals surface area contributed by atoms with Gasteiger partial charge in [-0.25, -0.2) is 0 Å². The summed E-state index contributed by atoms with van der Waals surface area (Å²) in [6.45, 7) is 2.08. The fraction of sp³-hybridized carbons (Fsp3) is 0.286. The van der Waals surface area contributed by atoms with E-state index < -0.39 is 0 Å². The van der Waals surface area contributed by atoms with Gasteiger partial charge in [-0.05, 0) is 19.4 Å². The summed E-state index contributed by atoms with van der Waals surface area (Å²) in [5, 5.41) is 0. The molecule has 0 spiro atoms. The van der Waals surface area contributed by atoms with Crippen molar-refractivity contribution in [1.29, 1.82) is 0 Å². The van der Waals surface area contributed by atoms with E-state index in [9.17, 15) is 0 Å². The second-order valence-electron chi connectivity index (χ2n) is 1.91. The number of rotatable bonds is 0. The first kappa shape index (κ1) is 5.29. The molecule has 0 saturated heterocycles. The molecule has 0 aromatic carbocycles. The maximum absolute atomic E-state index is 3.98. The van der Waals surface area contributed by atoms with E-state index in [-0.39, 0.29) is 0 Å². The number of aliphatic imine (C=N–C) groups is 1. The number of allylic oxidation sites excluding steroid dienone is 3. The maximum Gasteiger partial charge on any atom is 0.0264 e. The molecule has 0 aliphatic carbocycles. The van der Waals surface area contributed by atoms with Gasteiger partial charge in [0, 0.05) is 12.4 Å². The second-order valence-corrected chi connectivity index (χ2v) is 1.91. The Morgan fingerprint density at radius 2 is 2.50 bits per heavy atom.